The van der Waals surface area contributed by atoms with Crippen molar-refractivity contribution in [2.75, 3.05) is 20.2 Å². The number of halogens is 1. The molecule has 118 valence electrons. The molecule has 0 saturated carbocycles. The van der Waals surface area contributed by atoms with Crippen molar-refractivity contribution < 1.29 is 14.3 Å². The predicted molar refractivity (Wildman–Crippen MR) is 83.8 cm³/mol. The molecule has 2 unspecified atom stereocenters. The largest absolute Gasteiger partial charge is 0.465 e. The SMILES string of the molecule is CCOC(=O)C1CN(C)C2(CCc3ccc(Cl)cc32)CC1=O. The van der Waals surface area contributed by atoms with E-state index in [1.54, 1.807) is 6.92 Å². The molecule has 1 aromatic rings. The molecule has 0 aromatic heterocycles. The van der Waals surface area contributed by atoms with Crippen molar-refractivity contribution in [3.8, 4) is 0 Å². The highest BCUT2D eigenvalue weighted by molar-refractivity contribution is 6.30. The van der Waals surface area contributed by atoms with Crippen LogP contribution in [0.5, 0.6) is 0 Å². The van der Waals surface area contributed by atoms with Crippen molar-refractivity contribution in [2.24, 2.45) is 5.92 Å². The first-order valence-electron chi connectivity index (χ1n) is 7.67. The Morgan fingerprint density at radius 1 is 1.50 bits per heavy atom. The number of nitrogens with zero attached hydrogens (tertiary/aromatic N) is 1. The number of rotatable bonds is 2. The van der Waals surface area contributed by atoms with Crippen LogP contribution in [0.15, 0.2) is 18.2 Å². The van der Waals surface area contributed by atoms with Gasteiger partial charge in [-0.3, -0.25) is 14.5 Å². The number of piperidine rings is 1. The summed E-state index contributed by atoms with van der Waals surface area (Å²) in [6, 6.07) is 5.91. The number of benzene rings is 1. The molecule has 2 atom stereocenters. The number of fused-ring (bicyclic) bond motifs is 2. The molecule has 0 amide bonds. The molecular weight excluding hydrogens is 302 g/mol. The summed E-state index contributed by atoms with van der Waals surface area (Å²) in [5.74, 6) is -1.10. The van der Waals surface area contributed by atoms with Gasteiger partial charge in [0.05, 0.1) is 12.1 Å². The second kappa shape index (κ2) is 5.67. The van der Waals surface area contributed by atoms with Gasteiger partial charge in [-0.2, -0.15) is 0 Å². The highest BCUT2D eigenvalue weighted by atomic mass is 35.5. The number of ketones is 1. The lowest BCUT2D eigenvalue weighted by atomic mass is 9.77. The summed E-state index contributed by atoms with van der Waals surface area (Å²) in [5, 5.41) is 0.688. The number of hydrogen-bond acceptors (Lipinski definition) is 4. The van der Waals surface area contributed by atoms with Crippen LogP contribution in [0.1, 0.15) is 30.9 Å². The number of ether oxygens (including phenoxy) is 1. The monoisotopic (exact) mass is 321 g/mol. The minimum absolute atomic E-state index is 0.0237. The fourth-order valence-electron chi connectivity index (χ4n) is 3.80. The molecule has 22 heavy (non-hydrogen) atoms. The number of carbonyl (C=O) groups excluding carboxylic acids is 2. The highest BCUT2D eigenvalue weighted by Crippen LogP contribution is 2.47. The average molecular weight is 322 g/mol. The van der Waals surface area contributed by atoms with Gasteiger partial charge in [-0.05, 0) is 50.1 Å². The van der Waals surface area contributed by atoms with E-state index in [9.17, 15) is 9.59 Å². The fraction of sp³-hybridized carbons (Fsp3) is 0.529. The molecule has 1 saturated heterocycles. The number of hydrogen-bond donors (Lipinski definition) is 0. The molecule has 1 fully saturated rings. The molecular formula is C17H20ClNO3. The van der Waals surface area contributed by atoms with E-state index in [1.807, 2.05) is 25.2 Å². The molecule has 3 rings (SSSR count). The molecule has 0 radical (unpaired) electrons. The number of carbonyl (C=O) groups is 2. The Labute approximate surface area is 135 Å². The second-order valence-electron chi connectivity index (χ2n) is 6.16. The van der Waals surface area contributed by atoms with Gasteiger partial charge in [0.2, 0.25) is 0 Å². The third kappa shape index (κ3) is 2.34. The molecule has 0 bridgehead atoms. The van der Waals surface area contributed by atoms with Crippen LogP contribution in [0, 0.1) is 5.92 Å². The normalized spacial score (nSPS) is 28.0. The molecule has 1 spiro atoms. The maximum atomic E-state index is 12.6. The van der Waals surface area contributed by atoms with Crippen LogP contribution in [0.4, 0.5) is 0 Å². The molecule has 1 aromatic carbocycles. The molecule has 1 heterocycles. The quantitative estimate of drug-likeness (QED) is 0.620. The smallest absolute Gasteiger partial charge is 0.317 e. The maximum absolute atomic E-state index is 12.6. The van der Waals surface area contributed by atoms with Gasteiger partial charge in [0.25, 0.3) is 0 Å². The molecule has 4 nitrogen and oxygen atoms in total. The van der Waals surface area contributed by atoms with E-state index in [2.05, 4.69) is 4.90 Å². The summed E-state index contributed by atoms with van der Waals surface area (Å²) in [6.45, 7) is 2.46. The lowest BCUT2D eigenvalue weighted by molar-refractivity contribution is -0.156. The summed E-state index contributed by atoms with van der Waals surface area (Å²) < 4.78 is 5.03. The van der Waals surface area contributed by atoms with Gasteiger partial charge in [0.1, 0.15) is 5.92 Å². The Bertz CT molecular complexity index is 630. The Hall–Kier alpha value is -1.39. The first-order chi connectivity index (χ1) is 10.5. The number of Topliss-reactive ketones (excluding diaryl/α,β-unsaturated/α-hetero) is 1. The Morgan fingerprint density at radius 2 is 2.27 bits per heavy atom. The standard InChI is InChI=1S/C17H20ClNO3/c1-3-22-16(21)13-10-19(2)17(9-15(13)20)7-6-11-4-5-12(18)8-14(11)17/h4-5,8,13H,3,6-7,9-10H2,1-2H3. The van der Waals surface area contributed by atoms with Gasteiger partial charge < -0.3 is 4.74 Å². The Balaban J connectivity index is 1.92. The van der Waals surface area contributed by atoms with Crippen molar-refractivity contribution in [1.29, 1.82) is 0 Å². The van der Waals surface area contributed by atoms with Crippen LogP contribution in [0.2, 0.25) is 5.02 Å². The zero-order valence-corrected chi connectivity index (χ0v) is 13.7. The van der Waals surface area contributed by atoms with Gasteiger partial charge in [-0.25, -0.2) is 0 Å². The zero-order chi connectivity index (χ0) is 15.9. The predicted octanol–water partition coefficient (Wildman–Crippen LogP) is 2.57. The number of esters is 1. The van der Waals surface area contributed by atoms with E-state index < -0.39 is 11.9 Å². The molecule has 5 heteroatoms. The van der Waals surface area contributed by atoms with Gasteiger partial charge in [0, 0.05) is 18.0 Å². The topological polar surface area (TPSA) is 46.6 Å². The molecule has 2 aliphatic rings. The van der Waals surface area contributed by atoms with Crippen LogP contribution in [0.25, 0.3) is 0 Å². The van der Waals surface area contributed by atoms with Gasteiger partial charge in [-0.15, -0.1) is 0 Å². The minimum atomic E-state index is -0.668. The fourth-order valence-corrected chi connectivity index (χ4v) is 3.97. The Kier molecular flexibility index (Phi) is 4.00. The third-order valence-corrected chi connectivity index (χ3v) is 5.23. The lowest BCUT2D eigenvalue weighted by Gasteiger charge is -2.45. The van der Waals surface area contributed by atoms with E-state index in [1.165, 1.54) is 5.56 Å². The number of aryl methyl sites for hydroxylation is 1. The van der Waals surface area contributed by atoms with Gasteiger partial charge >= 0.3 is 5.97 Å². The third-order valence-electron chi connectivity index (χ3n) is 4.99. The van der Waals surface area contributed by atoms with Crippen molar-refractivity contribution in [3.05, 3.63) is 34.3 Å². The van der Waals surface area contributed by atoms with Gasteiger partial charge in [-0.1, -0.05) is 17.7 Å². The maximum Gasteiger partial charge on any atom is 0.317 e. The van der Waals surface area contributed by atoms with Crippen LogP contribution in [-0.2, 0) is 26.3 Å². The summed E-state index contributed by atoms with van der Waals surface area (Å²) >= 11 is 6.15. The summed E-state index contributed by atoms with van der Waals surface area (Å²) in [4.78, 5) is 26.7. The second-order valence-corrected chi connectivity index (χ2v) is 6.60. The van der Waals surface area contributed by atoms with Crippen LogP contribution < -0.4 is 0 Å². The molecule has 0 N–H and O–H groups in total. The van der Waals surface area contributed by atoms with Crippen LogP contribution in [0.3, 0.4) is 0 Å². The first kappa shape index (κ1) is 15.5. The van der Waals surface area contributed by atoms with E-state index in [4.69, 9.17) is 16.3 Å². The molecule has 1 aliphatic carbocycles. The van der Waals surface area contributed by atoms with Crippen molar-refractivity contribution in [1.82, 2.24) is 4.90 Å². The van der Waals surface area contributed by atoms with E-state index in [-0.39, 0.29) is 11.3 Å². The van der Waals surface area contributed by atoms with Crippen LogP contribution >= 0.6 is 11.6 Å². The Morgan fingerprint density at radius 3 is 3.00 bits per heavy atom. The number of likely N-dealkylation sites (tertiary alicyclic amines) is 1. The summed E-state index contributed by atoms with van der Waals surface area (Å²) in [6.07, 6.45) is 2.18. The van der Waals surface area contributed by atoms with Crippen molar-refractivity contribution in [3.63, 3.8) is 0 Å². The molecule has 1 aliphatic heterocycles. The lowest BCUT2D eigenvalue weighted by Crippen LogP contribution is -2.54. The average Bonchev–Trinajstić information content (AvgIpc) is 2.82. The highest BCUT2D eigenvalue weighted by Gasteiger charge is 2.50. The van der Waals surface area contributed by atoms with Crippen LogP contribution in [-0.4, -0.2) is 36.9 Å². The zero-order valence-electron chi connectivity index (χ0n) is 12.9. The van der Waals surface area contributed by atoms with Crippen molar-refractivity contribution >= 4 is 23.4 Å². The van der Waals surface area contributed by atoms with E-state index >= 15 is 0 Å². The van der Waals surface area contributed by atoms with E-state index in [0.29, 0.717) is 24.6 Å². The summed E-state index contributed by atoms with van der Waals surface area (Å²) in [5.41, 5.74) is 2.07. The summed E-state index contributed by atoms with van der Waals surface area (Å²) in [7, 11) is 1.98. The van der Waals surface area contributed by atoms with Crippen molar-refractivity contribution in [2.45, 2.75) is 31.7 Å². The van der Waals surface area contributed by atoms with Gasteiger partial charge in [0.15, 0.2) is 5.78 Å². The van der Waals surface area contributed by atoms with E-state index in [0.717, 1.165) is 18.4 Å². The minimum Gasteiger partial charge on any atom is -0.465 e. The first-order valence-corrected chi connectivity index (χ1v) is 8.05.